The zero-order valence-electron chi connectivity index (χ0n) is 11.6. The number of ether oxygens (including phenoxy) is 2. The third kappa shape index (κ3) is 2.46. The minimum atomic E-state index is -1.27. The SMILES string of the molecule is Cn1cc(O[C@@H]2O[C@H](CO)[C@@H](O)[C@H]2O)c2c(Cl)c(Cl)ccc21. The van der Waals surface area contributed by atoms with Crippen molar-refractivity contribution in [1.82, 2.24) is 4.57 Å². The molecule has 8 heteroatoms. The summed E-state index contributed by atoms with van der Waals surface area (Å²) in [6.07, 6.45) is -2.81. The molecule has 0 saturated carbocycles. The van der Waals surface area contributed by atoms with Crippen LogP contribution in [-0.2, 0) is 11.8 Å². The van der Waals surface area contributed by atoms with Crippen molar-refractivity contribution in [3.63, 3.8) is 0 Å². The van der Waals surface area contributed by atoms with Crippen molar-refractivity contribution < 1.29 is 24.8 Å². The van der Waals surface area contributed by atoms with Crippen LogP contribution in [0.3, 0.4) is 0 Å². The van der Waals surface area contributed by atoms with Crippen LogP contribution in [-0.4, -0.2) is 51.1 Å². The van der Waals surface area contributed by atoms with Gasteiger partial charge in [-0.05, 0) is 12.1 Å². The Hall–Kier alpha value is -1.02. The minimum absolute atomic E-state index is 0.335. The van der Waals surface area contributed by atoms with Crippen molar-refractivity contribution in [1.29, 1.82) is 0 Å². The average Bonchev–Trinajstić information content (AvgIpc) is 2.95. The molecule has 22 heavy (non-hydrogen) atoms. The largest absolute Gasteiger partial charge is 0.460 e. The summed E-state index contributed by atoms with van der Waals surface area (Å²) in [6.45, 7) is -0.416. The summed E-state index contributed by atoms with van der Waals surface area (Å²) in [7, 11) is 1.82. The van der Waals surface area contributed by atoms with E-state index in [4.69, 9.17) is 37.8 Å². The molecule has 0 radical (unpaired) electrons. The van der Waals surface area contributed by atoms with Gasteiger partial charge < -0.3 is 29.4 Å². The monoisotopic (exact) mass is 347 g/mol. The smallest absolute Gasteiger partial charge is 0.229 e. The van der Waals surface area contributed by atoms with Gasteiger partial charge in [-0.25, -0.2) is 0 Å². The van der Waals surface area contributed by atoms with E-state index in [9.17, 15) is 10.2 Å². The number of aliphatic hydroxyl groups is 3. The van der Waals surface area contributed by atoms with E-state index in [0.29, 0.717) is 21.2 Å². The lowest BCUT2D eigenvalue weighted by Gasteiger charge is -2.16. The summed E-state index contributed by atoms with van der Waals surface area (Å²) < 4.78 is 12.8. The van der Waals surface area contributed by atoms with Gasteiger partial charge in [-0.2, -0.15) is 0 Å². The van der Waals surface area contributed by atoms with E-state index in [1.165, 1.54) is 0 Å². The zero-order chi connectivity index (χ0) is 16.0. The van der Waals surface area contributed by atoms with E-state index in [0.717, 1.165) is 5.52 Å². The second-order valence-electron chi connectivity index (χ2n) is 5.18. The van der Waals surface area contributed by atoms with Gasteiger partial charge in [0.15, 0.2) is 0 Å². The molecular formula is C14H15Cl2NO5. The van der Waals surface area contributed by atoms with Gasteiger partial charge in [0.25, 0.3) is 0 Å². The van der Waals surface area contributed by atoms with E-state index in [1.54, 1.807) is 22.9 Å². The number of rotatable bonds is 3. The Kier molecular flexibility index (Phi) is 4.24. The van der Waals surface area contributed by atoms with Crippen LogP contribution in [0.4, 0.5) is 0 Å². The van der Waals surface area contributed by atoms with Crippen LogP contribution in [0.1, 0.15) is 0 Å². The second kappa shape index (κ2) is 5.88. The molecule has 0 aliphatic carbocycles. The van der Waals surface area contributed by atoms with Gasteiger partial charge in [-0.15, -0.1) is 0 Å². The maximum Gasteiger partial charge on any atom is 0.229 e. The fourth-order valence-electron chi connectivity index (χ4n) is 2.56. The summed E-state index contributed by atoms with van der Waals surface area (Å²) in [4.78, 5) is 0. The molecule has 3 rings (SSSR count). The van der Waals surface area contributed by atoms with Crippen LogP contribution in [0.15, 0.2) is 18.3 Å². The Balaban J connectivity index is 1.97. The molecule has 3 N–H and O–H groups in total. The number of aliphatic hydroxyl groups excluding tert-OH is 3. The fraction of sp³-hybridized carbons (Fsp3) is 0.429. The molecule has 2 heterocycles. The molecule has 0 bridgehead atoms. The first-order valence-electron chi connectivity index (χ1n) is 6.66. The molecule has 120 valence electrons. The minimum Gasteiger partial charge on any atom is -0.460 e. The number of hydrogen-bond donors (Lipinski definition) is 3. The van der Waals surface area contributed by atoms with E-state index in [1.807, 2.05) is 7.05 Å². The van der Waals surface area contributed by atoms with Crippen LogP contribution in [0.25, 0.3) is 10.9 Å². The predicted octanol–water partition coefficient (Wildman–Crippen LogP) is 1.30. The number of nitrogens with zero attached hydrogens (tertiary/aromatic N) is 1. The molecule has 4 atom stereocenters. The summed E-state index contributed by atoms with van der Waals surface area (Å²) in [5, 5.41) is 30.1. The Morgan fingerprint density at radius 3 is 2.64 bits per heavy atom. The highest BCUT2D eigenvalue weighted by Crippen LogP contribution is 2.39. The maximum absolute atomic E-state index is 9.95. The highest BCUT2D eigenvalue weighted by atomic mass is 35.5. The molecule has 0 spiro atoms. The lowest BCUT2D eigenvalue weighted by atomic mass is 10.1. The zero-order valence-corrected chi connectivity index (χ0v) is 13.1. The van der Waals surface area contributed by atoms with Crippen molar-refractivity contribution in [3.8, 4) is 5.75 Å². The Labute approximate surface area is 136 Å². The quantitative estimate of drug-likeness (QED) is 0.779. The molecular weight excluding hydrogens is 333 g/mol. The highest BCUT2D eigenvalue weighted by molar-refractivity contribution is 6.45. The van der Waals surface area contributed by atoms with Gasteiger partial charge in [0.1, 0.15) is 24.1 Å². The summed E-state index contributed by atoms with van der Waals surface area (Å²) in [5.41, 5.74) is 0.802. The molecule has 1 aliphatic heterocycles. The van der Waals surface area contributed by atoms with Gasteiger partial charge in [-0.1, -0.05) is 23.2 Å². The average molecular weight is 348 g/mol. The molecule has 6 nitrogen and oxygen atoms in total. The fourth-order valence-corrected chi connectivity index (χ4v) is 2.97. The van der Waals surface area contributed by atoms with Crippen molar-refractivity contribution in [2.75, 3.05) is 6.61 Å². The van der Waals surface area contributed by atoms with Crippen LogP contribution in [0.5, 0.6) is 5.75 Å². The van der Waals surface area contributed by atoms with Gasteiger partial charge in [-0.3, -0.25) is 0 Å². The van der Waals surface area contributed by atoms with E-state index >= 15 is 0 Å². The molecule has 1 aliphatic rings. The third-order valence-corrected chi connectivity index (χ3v) is 4.56. The lowest BCUT2D eigenvalue weighted by Crippen LogP contribution is -2.35. The first kappa shape index (κ1) is 15.9. The van der Waals surface area contributed by atoms with Crippen LogP contribution >= 0.6 is 23.2 Å². The topological polar surface area (TPSA) is 84.1 Å². The number of aromatic nitrogens is 1. The number of fused-ring (bicyclic) bond motifs is 1. The van der Waals surface area contributed by atoms with Crippen molar-refractivity contribution in [2.45, 2.75) is 24.6 Å². The Morgan fingerprint density at radius 2 is 2.00 bits per heavy atom. The van der Waals surface area contributed by atoms with E-state index in [2.05, 4.69) is 0 Å². The van der Waals surface area contributed by atoms with E-state index in [-0.39, 0.29) is 0 Å². The Morgan fingerprint density at radius 1 is 1.27 bits per heavy atom. The standard InChI is InChI=1S/C14H15Cl2NO5/c1-17-4-8(10-7(17)3-2-6(15)11(10)16)21-14-13(20)12(19)9(5-18)22-14/h2-4,9,12-14,18-20H,5H2,1H3/t9-,12-,13-,14-/m1/s1. The number of halogens is 2. The van der Waals surface area contributed by atoms with Crippen LogP contribution in [0, 0.1) is 0 Å². The first-order valence-corrected chi connectivity index (χ1v) is 7.41. The van der Waals surface area contributed by atoms with Gasteiger partial charge in [0.2, 0.25) is 6.29 Å². The molecule has 1 saturated heterocycles. The van der Waals surface area contributed by atoms with E-state index < -0.39 is 31.2 Å². The van der Waals surface area contributed by atoms with Gasteiger partial charge in [0.05, 0.1) is 27.6 Å². The summed E-state index contributed by atoms with van der Waals surface area (Å²) in [6, 6.07) is 3.48. The normalized spacial score (nSPS) is 28.5. The molecule has 1 fully saturated rings. The van der Waals surface area contributed by atoms with Gasteiger partial charge >= 0.3 is 0 Å². The molecule has 1 aromatic carbocycles. The van der Waals surface area contributed by atoms with Crippen LogP contribution < -0.4 is 4.74 Å². The first-order chi connectivity index (χ1) is 10.4. The Bertz CT molecular complexity index is 704. The molecule has 0 amide bonds. The van der Waals surface area contributed by atoms with Crippen molar-refractivity contribution in [3.05, 3.63) is 28.4 Å². The third-order valence-electron chi connectivity index (χ3n) is 3.75. The van der Waals surface area contributed by atoms with Gasteiger partial charge in [0, 0.05) is 13.2 Å². The maximum atomic E-state index is 9.95. The summed E-state index contributed by atoms with van der Waals surface area (Å²) in [5.74, 6) is 0.375. The van der Waals surface area contributed by atoms with Crippen LogP contribution in [0.2, 0.25) is 10.0 Å². The lowest BCUT2D eigenvalue weighted by molar-refractivity contribution is -0.115. The predicted molar refractivity (Wildman–Crippen MR) is 81.3 cm³/mol. The second-order valence-corrected chi connectivity index (χ2v) is 5.97. The number of benzene rings is 1. The van der Waals surface area contributed by atoms with Crippen molar-refractivity contribution in [2.24, 2.45) is 7.05 Å². The molecule has 1 aromatic heterocycles. The number of hydrogen-bond acceptors (Lipinski definition) is 5. The summed E-state index contributed by atoms with van der Waals surface area (Å²) >= 11 is 12.3. The molecule has 0 unspecified atom stereocenters. The molecule has 2 aromatic rings. The van der Waals surface area contributed by atoms with Crippen molar-refractivity contribution >= 4 is 34.1 Å². The number of aryl methyl sites for hydroxylation is 1. The highest BCUT2D eigenvalue weighted by Gasteiger charge is 2.44.